The molecule has 266 valence electrons. The predicted molar refractivity (Wildman–Crippen MR) is 202 cm³/mol. The van der Waals surface area contributed by atoms with Crippen molar-refractivity contribution in [1.29, 1.82) is 0 Å². The summed E-state index contributed by atoms with van der Waals surface area (Å²) in [5, 5.41) is 0.993. The Hall–Kier alpha value is 0.577. The maximum absolute atomic E-state index is 6.66. The second-order valence-electron chi connectivity index (χ2n) is 13.6. The van der Waals surface area contributed by atoms with Gasteiger partial charge in [-0.3, -0.25) is 0 Å². The minimum absolute atomic E-state index is 0.807. The zero-order valence-corrected chi connectivity index (χ0v) is 33.1. The van der Waals surface area contributed by atoms with Crippen LogP contribution in [0.1, 0.15) is 220 Å². The van der Waals surface area contributed by atoms with Crippen molar-refractivity contribution < 1.29 is 13.3 Å². The van der Waals surface area contributed by atoms with E-state index in [2.05, 4.69) is 36.7 Å². The minimum Gasteiger partial charge on any atom is -0.373 e. The van der Waals surface area contributed by atoms with Crippen LogP contribution in [-0.4, -0.2) is 34.0 Å². The Morgan fingerprint density at radius 1 is 0.318 bits per heavy atom. The van der Waals surface area contributed by atoms with Crippen molar-refractivity contribution in [3.63, 3.8) is 0 Å². The summed E-state index contributed by atoms with van der Waals surface area (Å²) < 4.78 is 20.0. The smallest absolute Gasteiger partial charge is 0.373 e. The van der Waals surface area contributed by atoms with Gasteiger partial charge in [0.15, 0.2) is 0 Å². The Labute approximate surface area is 288 Å². The van der Waals surface area contributed by atoms with E-state index in [0.29, 0.717) is 0 Å². The van der Waals surface area contributed by atoms with Gasteiger partial charge in [0.05, 0.1) is 0 Å². The average molecular weight is 706 g/mol. The normalized spacial score (nSPS) is 12.0. The molecule has 0 aromatic carbocycles. The molecule has 3 nitrogen and oxygen atoms in total. The first-order chi connectivity index (χ1) is 21.7. The summed E-state index contributed by atoms with van der Waals surface area (Å²) in [4.78, 5) is 0. The lowest BCUT2D eigenvalue weighted by atomic mass is 10.1. The van der Waals surface area contributed by atoms with Gasteiger partial charge in [0.2, 0.25) is 0 Å². The van der Waals surface area contributed by atoms with Crippen LogP contribution in [0.2, 0.25) is 6.04 Å². The van der Waals surface area contributed by atoms with Crippen molar-refractivity contribution in [2.75, 3.05) is 25.2 Å². The highest BCUT2D eigenvalue weighted by Gasteiger charge is 2.40. The largest absolute Gasteiger partial charge is 0.500 e. The van der Waals surface area contributed by atoms with Crippen molar-refractivity contribution in [1.82, 2.24) is 0 Å². The van der Waals surface area contributed by atoms with E-state index in [1.165, 1.54) is 173 Å². The molecule has 0 amide bonds. The van der Waals surface area contributed by atoms with Crippen molar-refractivity contribution >= 4 is 24.7 Å². The predicted octanol–water partition coefficient (Wildman–Crippen LogP) is 14.5. The van der Waals surface area contributed by atoms with Crippen LogP contribution in [0.5, 0.6) is 0 Å². The Kier molecular flexibility index (Phi) is 38.5. The summed E-state index contributed by atoms with van der Waals surface area (Å²) in [6, 6.07) is 0.950. The molecule has 0 atom stereocenters. The van der Waals surface area contributed by atoms with Gasteiger partial charge in [0, 0.05) is 31.2 Å². The quantitative estimate of drug-likeness (QED) is 0.0362. The Morgan fingerprint density at radius 2 is 0.545 bits per heavy atom. The second kappa shape index (κ2) is 38.0. The van der Waals surface area contributed by atoms with E-state index >= 15 is 0 Å². The van der Waals surface area contributed by atoms with Gasteiger partial charge in [0.1, 0.15) is 0 Å². The van der Waals surface area contributed by atoms with Gasteiger partial charge in [0.25, 0.3) is 0 Å². The van der Waals surface area contributed by atoms with Gasteiger partial charge in [-0.1, -0.05) is 210 Å². The lowest BCUT2D eigenvalue weighted by molar-refractivity contribution is 0.0551. The molecule has 0 radical (unpaired) electrons. The van der Waals surface area contributed by atoms with Crippen LogP contribution < -0.4 is 0 Å². The van der Waals surface area contributed by atoms with E-state index in [1.54, 1.807) is 0 Å². The fourth-order valence-electron chi connectivity index (χ4n) is 6.08. The molecular formula is C39H81BrO3Si. The number of alkyl halides is 1. The molecule has 0 saturated carbocycles. The van der Waals surface area contributed by atoms with Gasteiger partial charge >= 0.3 is 8.80 Å². The fraction of sp³-hybridized carbons (Fsp3) is 1.00. The molecule has 0 N–H and O–H groups in total. The fourth-order valence-corrected chi connectivity index (χ4v) is 9.53. The van der Waals surface area contributed by atoms with Gasteiger partial charge in [-0.05, 0) is 25.7 Å². The summed E-state index contributed by atoms with van der Waals surface area (Å²) in [5.41, 5.74) is 0. The number of unbranched alkanes of at least 4 members (excludes halogenated alkanes) is 27. The molecule has 0 aliphatic rings. The molecule has 0 aromatic heterocycles. The summed E-state index contributed by atoms with van der Waals surface area (Å²) >= 11 is 3.67. The van der Waals surface area contributed by atoms with Crippen molar-refractivity contribution in [3.8, 4) is 0 Å². The summed E-state index contributed by atoms with van der Waals surface area (Å²) in [6.07, 6.45) is 41.7. The van der Waals surface area contributed by atoms with Crippen LogP contribution in [0.15, 0.2) is 0 Å². The molecule has 0 bridgehead atoms. The first-order valence-electron chi connectivity index (χ1n) is 20.2. The number of rotatable bonds is 39. The third-order valence-corrected chi connectivity index (χ3v) is 12.5. The average Bonchev–Trinajstić information content (AvgIpc) is 3.04. The Morgan fingerprint density at radius 3 is 0.773 bits per heavy atom. The summed E-state index contributed by atoms with van der Waals surface area (Å²) in [6.45, 7) is 9.31. The maximum Gasteiger partial charge on any atom is 0.500 e. The van der Waals surface area contributed by atoms with Crippen LogP contribution in [0.4, 0.5) is 0 Å². The molecule has 0 unspecified atom stereocenters. The summed E-state index contributed by atoms with van der Waals surface area (Å²) in [7, 11) is -2.63. The van der Waals surface area contributed by atoms with Crippen molar-refractivity contribution in [2.24, 2.45) is 0 Å². The summed E-state index contributed by atoms with van der Waals surface area (Å²) in [5.74, 6) is 0. The maximum atomic E-state index is 6.66. The number of halogens is 1. The van der Waals surface area contributed by atoms with Gasteiger partial charge in [-0.15, -0.1) is 0 Å². The van der Waals surface area contributed by atoms with E-state index < -0.39 is 8.80 Å². The van der Waals surface area contributed by atoms with Crippen LogP contribution in [0.25, 0.3) is 0 Å². The number of hydrogen-bond acceptors (Lipinski definition) is 3. The van der Waals surface area contributed by atoms with Gasteiger partial charge in [-0.25, -0.2) is 0 Å². The van der Waals surface area contributed by atoms with Gasteiger partial charge < -0.3 is 13.3 Å². The lowest BCUT2D eigenvalue weighted by Gasteiger charge is -2.30. The van der Waals surface area contributed by atoms with E-state index in [0.717, 1.165) is 56.9 Å². The Bertz CT molecular complexity index is 457. The van der Waals surface area contributed by atoms with E-state index in [1.807, 2.05) is 0 Å². The molecule has 0 aliphatic carbocycles. The molecule has 0 rings (SSSR count). The van der Waals surface area contributed by atoms with E-state index in [4.69, 9.17) is 13.3 Å². The molecule has 0 aliphatic heterocycles. The lowest BCUT2D eigenvalue weighted by Crippen LogP contribution is -2.46. The molecule has 0 saturated heterocycles. The Balaban J connectivity index is 4.46. The monoisotopic (exact) mass is 705 g/mol. The third kappa shape index (κ3) is 32.5. The van der Waals surface area contributed by atoms with Crippen molar-refractivity contribution in [3.05, 3.63) is 0 Å². The highest BCUT2D eigenvalue weighted by Crippen LogP contribution is 2.22. The van der Waals surface area contributed by atoms with Crippen molar-refractivity contribution in [2.45, 2.75) is 226 Å². The van der Waals surface area contributed by atoms with E-state index in [9.17, 15) is 0 Å². The van der Waals surface area contributed by atoms with Crippen LogP contribution in [0.3, 0.4) is 0 Å². The highest BCUT2D eigenvalue weighted by molar-refractivity contribution is 9.09. The molecule has 0 heterocycles. The van der Waals surface area contributed by atoms with Crippen LogP contribution in [0, 0.1) is 0 Å². The SMILES string of the molecule is CCCCCCCCCCCCO[Si](CCCBr)(OCCCCCCCCCCCC)OCCCCCCCCCCCC. The first-order valence-corrected chi connectivity index (χ1v) is 23.3. The highest BCUT2D eigenvalue weighted by atomic mass is 79.9. The van der Waals surface area contributed by atoms with Gasteiger partial charge in [-0.2, -0.15) is 0 Å². The second-order valence-corrected chi connectivity index (χ2v) is 17.1. The third-order valence-electron chi connectivity index (χ3n) is 9.08. The first kappa shape index (κ1) is 44.6. The molecule has 0 aromatic rings. The van der Waals surface area contributed by atoms with Crippen LogP contribution in [-0.2, 0) is 13.3 Å². The number of hydrogen-bond donors (Lipinski definition) is 0. The zero-order chi connectivity index (χ0) is 32.1. The molecule has 0 fully saturated rings. The molecule has 44 heavy (non-hydrogen) atoms. The molecular weight excluding hydrogens is 624 g/mol. The van der Waals surface area contributed by atoms with Crippen LogP contribution >= 0.6 is 15.9 Å². The topological polar surface area (TPSA) is 27.7 Å². The minimum atomic E-state index is -2.63. The molecule has 0 spiro atoms. The molecule has 5 heteroatoms. The van der Waals surface area contributed by atoms with E-state index in [-0.39, 0.29) is 0 Å². The standard InChI is InChI=1S/C39H81BrO3Si/c1-4-7-10-13-16-19-22-25-28-31-36-41-44(39-34-35-40,42-37-32-29-26-23-20-17-14-11-8-5-2)43-38-33-30-27-24-21-18-15-12-9-6-3/h4-39H2,1-3H3. The zero-order valence-electron chi connectivity index (χ0n) is 30.6.